The number of benzene rings is 3. The van der Waals surface area contributed by atoms with Gasteiger partial charge in [-0.15, -0.1) is 0 Å². The first-order chi connectivity index (χ1) is 15.3. The first kappa shape index (κ1) is 24.2. The van der Waals surface area contributed by atoms with E-state index >= 15 is 0 Å². The molecule has 0 aliphatic heterocycles. The van der Waals surface area contributed by atoms with E-state index in [4.69, 9.17) is 0 Å². The van der Waals surface area contributed by atoms with Crippen LogP contribution < -0.4 is 5.32 Å². The molecule has 1 atom stereocenters. The highest BCUT2D eigenvalue weighted by Gasteiger charge is 2.27. The van der Waals surface area contributed by atoms with Crippen LogP contribution in [0.25, 0.3) is 0 Å². The van der Waals surface area contributed by atoms with Gasteiger partial charge in [0.05, 0.1) is 11.4 Å². The molecular formula is C25H27BrN2O3S. The van der Waals surface area contributed by atoms with Gasteiger partial charge in [-0.1, -0.05) is 76.6 Å². The number of nitrogens with zero attached hydrogens (tertiary/aromatic N) is 1. The third-order valence-corrected chi connectivity index (χ3v) is 7.42. The number of hydrogen-bond donors (Lipinski definition) is 1. The summed E-state index contributed by atoms with van der Waals surface area (Å²) in [5.74, 6) is -0.317. The quantitative estimate of drug-likeness (QED) is 0.423. The molecule has 3 aromatic rings. The smallest absolute Gasteiger partial charge is 0.243 e. The van der Waals surface area contributed by atoms with Gasteiger partial charge in [-0.2, -0.15) is 4.31 Å². The van der Waals surface area contributed by atoms with Crippen LogP contribution in [0.1, 0.15) is 24.5 Å². The zero-order chi connectivity index (χ0) is 23.0. The second-order valence-corrected chi connectivity index (χ2v) is 10.6. The second-order valence-electron chi connectivity index (χ2n) is 7.71. The molecule has 0 saturated carbocycles. The minimum atomic E-state index is -3.83. The number of amides is 1. The molecule has 0 aliphatic rings. The Labute approximate surface area is 198 Å². The summed E-state index contributed by atoms with van der Waals surface area (Å²) in [6.07, 6.45) is 1.61. The van der Waals surface area contributed by atoms with Crippen LogP contribution >= 0.6 is 15.9 Å². The second kappa shape index (κ2) is 11.4. The molecule has 0 aromatic heterocycles. The van der Waals surface area contributed by atoms with E-state index in [1.165, 1.54) is 9.87 Å². The molecule has 168 valence electrons. The van der Waals surface area contributed by atoms with Crippen LogP contribution in [0.15, 0.2) is 94.3 Å². The van der Waals surface area contributed by atoms with Crippen molar-refractivity contribution in [1.82, 2.24) is 9.62 Å². The van der Waals surface area contributed by atoms with Crippen molar-refractivity contribution in [2.24, 2.45) is 0 Å². The first-order valence-corrected chi connectivity index (χ1v) is 12.7. The Bertz CT molecular complexity index is 1100. The SMILES string of the molecule is C[C@@H](CCc1ccccc1)NC(=O)CN(Cc1ccc(Br)cc1)S(=O)(=O)c1ccccc1. The van der Waals surface area contributed by atoms with E-state index in [1.807, 2.05) is 49.4 Å². The summed E-state index contributed by atoms with van der Waals surface area (Å²) in [5, 5.41) is 2.95. The maximum Gasteiger partial charge on any atom is 0.243 e. The number of halogens is 1. The van der Waals surface area contributed by atoms with E-state index in [0.717, 1.165) is 22.9 Å². The number of sulfonamides is 1. The van der Waals surface area contributed by atoms with Gasteiger partial charge in [0.2, 0.25) is 15.9 Å². The predicted octanol–water partition coefficient (Wildman–Crippen LogP) is 4.78. The summed E-state index contributed by atoms with van der Waals surface area (Å²) >= 11 is 3.39. The van der Waals surface area contributed by atoms with Gasteiger partial charge in [0.1, 0.15) is 0 Å². The van der Waals surface area contributed by atoms with Crippen LogP contribution in [0.2, 0.25) is 0 Å². The van der Waals surface area contributed by atoms with Crippen molar-refractivity contribution in [2.75, 3.05) is 6.54 Å². The van der Waals surface area contributed by atoms with Gasteiger partial charge >= 0.3 is 0 Å². The van der Waals surface area contributed by atoms with Gasteiger partial charge < -0.3 is 5.32 Å². The molecule has 0 fully saturated rings. The Hall–Kier alpha value is -2.48. The lowest BCUT2D eigenvalue weighted by molar-refractivity contribution is -0.122. The molecule has 3 rings (SSSR count). The minimum absolute atomic E-state index is 0.0725. The van der Waals surface area contributed by atoms with Crippen LogP contribution in [0.3, 0.4) is 0 Å². The van der Waals surface area contributed by atoms with E-state index in [2.05, 4.69) is 33.4 Å². The summed E-state index contributed by atoms with van der Waals surface area (Å²) in [6.45, 7) is 1.80. The lowest BCUT2D eigenvalue weighted by Crippen LogP contribution is -2.43. The molecule has 0 bridgehead atoms. The molecule has 0 aliphatic carbocycles. The molecule has 0 radical (unpaired) electrons. The van der Waals surface area contributed by atoms with E-state index in [0.29, 0.717) is 0 Å². The molecule has 0 unspecified atom stereocenters. The summed E-state index contributed by atoms with van der Waals surface area (Å²) < 4.78 is 28.7. The molecule has 3 aromatic carbocycles. The van der Waals surface area contributed by atoms with Gasteiger partial charge in [-0.05, 0) is 55.2 Å². The van der Waals surface area contributed by atoms with Crippen molar-refractivity contribution < 1.29 is 13.2 Å². The summed E-state index contributed by atoms with van der Waals surface area (Å²) in [6, 6.07) is 25.6. The summed E-state index contributed by atoms with van der Waals surface area (Å²) in [5.41, 5.74) is 2.01. The van der Waals surface area contributed by atoms with Crippen molar-refractivity contribution in [3.05, 3.63) is 101 Å². The largest absolute Gasteiger partial charge is 0.352 e. The predicted molar refractivity (Wildman–Crippen MR) is 131 cm³/mol. The van der Waals surface area contributed by atoms with Crippen LogP contribution in [0.4, 0.5) is 0 Å². The average Bonchev–Trinajstić information content (AvgIpc) is 2.80. The number of rotatable bonds is 10. The van der Waals surface area contributed by atoms with E-state index in [1.54, 1.807) is 30.3 Å². The van der Waals surface area contributed by atoms with Crippen molar-refractivity contribution in [2.45, 2.75) is 37.2 Å². The van der Waals surface area contributed by atoms with Crippen LogP contribution in [0.5, 0.6) is 0 Å². The molecule has 1 N–H and O–H groups in total. The highest BCUT2D eigenvalue weighted by atomic mass is 79.9. The molecular weight excluding hydrogens is 488 g/mol. The fraction of sp³-hybridized carbons (Fsp3) is 0.240. The number of carbonyl (C=O) groups excluding carboxylic acids is 1. The van der Waals surface area contributed by atoms with Crippen molar-refractivity contribution in [3.8, 4) is 0 Å². The van der Waals surface area contributed by atoms with Crippen LogP contribution in [0, 0.1) is 0 Å². The summed E-state index contributed by atoms with van der Waals surface area (Å²) in [7, 11) is -3.83. The number of carbonyl (C=O) groups is 1. The molecule has 0 heterocycles. The lowest BCUT2D eigenvalue weighted by atomic mass is 10.1. The zero-order valence-corrected chi connectivity index (χ0v) is 20.3. The lowest BCUT2D eigenvalue weighted by Gasteiger charge is -2.23. The third-order valence-electron chi connectivity index (χ3n) is 5.09. The maximum absolute atomic E-state index is 13.3. The monoisotopic (exact) mass is 514 g/mol. The van der Waals surface area contributed by atoms with Gasteiger partial charge in [-0.25, -0.2) is 8.42 Å². The van der Waals surface area contributed by atoms with Crippen LogP contribution in [-0.2, 0) is 27.8 Å². The maximum atomic E-state index is 13.3. The Morgan fingerprint density at radius 2 is 1.50 bits per heavy atom. The molecule has 5 nitrogen and oxygen atoms in total. The molecule has 0 saturated heterocycles. The number of hydrogen-bond acceptors (Lipinski definition) is 3. The molecule has 7 heteroatoms. The van der Waals surface area contributed by atoms with Crippen LogP contribution in [-0.4, -0.2) is 31.2 Å². The van der Waals surface area contributed by atoms with E-state index in [-0.39, 0.29) is 29.9 Å². The van der Waals surface area contributed by atoms with Gasteiger partial charge in [0.25, 0.3) is 0 Å². The highest BCUT2D eigenvalue weighted by molar-refractivity contribution is 9.10. The van der Waals surface area contributed by atoms with Crippen molar-refractivity contribution in [3.63, 3.8) is 0 Å². The van der Waals surface area contributed by atoms with E-state index < -0.39 is 10.0 Å². The fourth-order valence-electron chi connectivity index (χ4n) is 3.34. The normalized spacial score (nSPS) is 12.5. The van der Waals surface area contributed by atoms with Gasteiger partial charge in [0.15, 0.2) is 0 Å². The fourth-order valence-corrected chi connectivity index (χ4v) is 5.01. The standard InChI is InChI=1S/C25H27BrN2O3S/c1-20(12-13-21-8-4-2-5-9-21)27-25(29)19-28(18-22-14-16-23(26)17-15-22)32(30,31)24-10-6-3-7-11-24/h2-11,14-17,20H,12-13,18-19H2,1H3,(H,27,29)/t20-/m0/s1. The van der Waals surface area contributed by atoms with Gasteiger partial charge in [-0.3, -0.25) is 4.79 Å². The molecule has 1 amide bonds. The number of nitrogens with one attached hydrogen (secondary N) is 1. The van der Waals surface area contributed by atoms with Gasteiger partial charge in [0, 0.05) is 17.1 Å². The van der Waals surface area contributed by atoms with Crippen molar-refractivity contribution >= 4 is 31.9 Å². The zero-order valence-electron chi connectivity index (χ0n) is 17.9. The van der Waals surface area contributed by atoms with E-state index in [9.17, 15) is 13.2 Å². The number of aryl methyl sites for hydroxylation is 1. The Balaban J connectivity index is 1.70. The molecule has 0 spiro atoms. The Morgan fingerprint density at radius 1 is 0.906 bits per heavy atom. The third kappa shape index (κ3) is 7.02. The summed E-state index contributed by atoms with van der Waals surface area (Å²) in [4.78, 5) is 12.9. The highest BCUT2D eigenvalue weighted by Crippen LogP contribution is 2.19. The topological polar surface area (TPSA) is 66.5 Å². The Morgan fingerprint density at radius 3 is 2.12 bits per heavy atom. The molecule has 32 heavy (non-hydrogen) atoms. The Kier molecular flexibility index (Phi) is 8.61. The first-order valence-electron chi connectivity index (χ1n) is 10.5. The minimum Gasteiger partial charge on any atom is -0.352 e. The average molecular weight is 515 g/mol. The van der Waals surface area contributed by atoms with Crippen molar-refractivity contribution in [1.29, 1.82) is 0 Å².